The van der Waals surface area contributed by atoms with Crippen molar-refractivity contribution in [2.45, 2.75) is 18.9 Å². The van der Waals surface area contributed by atoms with Gasteiger partial charge in [-0.25, -0.2) is 5.01 Å². The van der Waals surface area contributed by atoms with Crippen LogP contribution in [-0.4, -0.2) is 40.9 Å². The first-order valence-corrected chi connectivity index (χ1v) is 6.15. The Hall–Kier alpha value is -1.72. The van der Waals surface area contributed by atoms with Crippen molar-refractivity contribution in [2.24, 2.45) is 5.84 Å². The molecular formula is C13H15N3O2. The van der Waals surface area contributed by atoms with Gasteiger partial charge in [0.2, 0.25) is 0 Å². The molecule has 2 amide bonds. The Kier molecular flexibility index (Phi) is 2.65. The molecule has 0 radical (unpaired) electrons. The van der Waals surface area contributed by atoms with Gasteiger partial charge in [0, 0.05) is 19.1 Å². The molecule has 0 atom stereocenters. The van der Waals surface area contributed by atoms with Crippen molar-refractivity contribution in [3.05, 3.63) is 35.4 Å². The molecule has 0 spiro atoms. The molecule has 0 aliphatic carbocycles. The van der Waals surface area contributed by atoms with Crippen LogP contribution in [0.4, 0.5) is 0 Å². The summed E-state index contributed by atoms with van der Waals surface area (Å²) in [5, 5.41) is 1.73. The summed E-state index contributed by atoms with van der Waals surface area (Å²) in [5.41, 5.74) is 1.05. The number of hydrogen-bond acceptors (Lipinski definition) is 4. The molecule has 2 aliphatic heterocycles. The van der Waals surface area contributed by atoms with Gasteiger partial charge in [0.15, 0.2) is 0 Å². The molecule has 3 rings (SSSR count). The van der Waals surface area contributed by atoms with E-state index in [2.05, 4.69) is 0 Å². The van der Waals surface area contributed by atoms with E-state index in [0.717, 1.165) is 25.9 Å². The molecule has 1 saturated heterocycles. The Morgan fingerprint density at radius 1 is 1.00 bits per heavy atom. The van der Waals surface area contributed by atoms with Crippen LogP contribution in [0.25, 0.3) is 0 Å². The summed E-state index contributed by atoms with van der Waals surface area (Å²) in [6.45, 7) is 1.44. The van der Waals surface area contributed by atoms with E-state index >= 15 is 0 Å². The number of carbonyl (C=O) groups is 2. The zero-order valence-electron chi connectivity index (χ0n) is 10.0. The molecule has 94 valence electrons. The monoisotopic (exact) mass is 245 g/mol. The van der Waals surface area contributed by atoms with Gasteiger partial charge in [-0.15, -0.1) is 0 Å². The molecule has 1 aromatic carbocycles. The summed E-state index contributed by atoms with van der Waals surface area (Å²) in [6.07, 6.45) is 1.50. The third-order valence-electron chi connectivity index (χ3n) is 3.69. The van der Waals surface area contributed by atoms with Crippen molar-refractivity contribution in [1.82, 2.24) is 9.91 Å². The number of imide groups is 1. The third kappa shape index (κ3) is 1.63. The normalized spacial score (nSPS) is 21.5. The van der Waals surface area contributed by atoms with Gasteiger partial charge in [0.1, 0.15) is 0 Å². The molecule has 0 saturated carbocycles. The molecule has 0 aromatic heterocycles. The van der Waals surface area contributed by atoms with E-state index in [9.17, 15) is 9.59 Å². The van der Waals surface area contributed by atoms with Crippen LogP contribution in [0.1, 0.15) is 33.6 Å². The lowest BCUT2D eigenvalue weighted by Crippen LogP contribution is -2.49. The molecule has 2 aliphatic rings. The average Bonchev–Trinajstić information content (AvgIpc) is 2.64. The second-order valence-electron chi connectivity index (χ2n) is 4.79. The number of nitrogens with two attached hydrogens (primary N) is 1. The highest BCUT2D eigenvalue weighted by molar-refractivity contribution is 6.21. The number of fused-ring (bicyclic) bond motifs is 1. The van der Waals surface area contributed by atoms with E-state index in [-0.39, 0.29) is 17.9 Å². The molecule has 0 unspecified atom stereocenters. The largest absolute Gasteiger partial charge is 0.271 e. The lowest BCUT2D eigenvalue weighted by molar-refractivity contribution is 0.0502. The molecule has 5 nitrogen and oxygen atoms in total. The molecule has 0 bridgehead atoms. The molecular weight excluding hydrogens is 230 g/mol. The molecule has 18 heavy (non-hydrogen) atoms. The quantitative estimate of drug-likeness (QED) is 0.582. The number of nitrogens with zero attached hydrogens (tertiary/aromatic N) is 2. The maximum absolute atomic E-state index is 12.2. The zero-order valence-corrected chi connectivity index (χ0v) is 10.0. The van der Waals surface area contributed by atoms with Gasteiger partial charge in [0.05, 0.1) is 11.1 Å². The fourth-order valence-electron chi connectivity index (χ4n) is 2.68. The molecule has 2 N–H and O–H groups in total. The second kappa shape index (κ2) is 4.19. The van der Waals surface area contributed by atoms with Gasteiger partial charge in [-0.05, 0) is 25.0 Å². The molecule has 1 fully saturated rings. The summed E-state index contributed by atoms with van der Waals surface area (Å²) < 4.78 is 0. The first-order valence-electron chi connectivity index (χ1n) is 6.15. The highest BCUT2D eigenvalue weighted by atomic mass is 16.2. The van der Waals surface area contributed by atoms with Crippen molar-refractivity contribution in [1.29, 1.82) is 0 Å². The van der Waals surface area contributed by atoms with Crippen LogP contribution in [-0.2, 0) is 0 Å². The fraction of sp³-hybridized carbons (Fsp3) is 0.385. The van der Waals surface area contributed by atoms with Crippen LogP contribution in [0.15, 0.2) is 24.3 Å². The minimum absolute atomic E-state index is 0.0165. The first kappa shape index (κ1) is 11.4. The van der Waals surface area contributed by atoms with E-state index in [0.29, 0.717) is 11.1 Å². The highest BCUT2D eigenvalue weighted by Gasteiger charge is 2.40. The Labute approximate surface area is 105 Å². The fourth-order valence-corrected chi connectivity index (χ4v) is 2.68. The number of hydrogen-bond donors (Lipinski definition) is 1. The summed E-state index contributed by atoms with van der Waals surface area (Å²) in [6, 6.07) is 6.99. The van der Waals surface area contributed by atoms with E-state index in [1.807, 2.05) is 0 Å². The number of benzene rings is 1. The zero-order chi connectivity index (χ0) is 12.7. The smallest absolute Gasteiger partial charge is 0.261 e. The maximum atomic E-state index is 12.2. The summed E-state index contributed by atoms with van der Waals surface area (Å²) in [7, 11) is 0. The van der Waals surface area contributed by atoms with Gasteiger partial charge in [-0.2, -0.15) is 0 Å². The number of amides is 2. The number of carbonyl (C=O) groups excluding carboxylic acids is 2. The predicted octanol–water partition coefficient (Wildman–Crippen LogP) is 0.621. The van der Waals surface area contributed by atoms with Crippen LogP contribution in [0, 0.1) is 0 Å². The SMILES string of the molecule is NN1CCC(N2C(=O)c3ccccc3C2=O)CC1. The van der Waals surface area contributed by atoms with Gasteiger partial charge in [-0.1, -0.05) is 12.1 Å². The van der Waals surface area contributed by atoms with Crippen molar-refractivity contribution < 1.29 is 9.59 Å². The second-order valence-corrected chi connectivity index (χ2v) is 4.79. The Balaban J connectivity index is 1.88. The standard InChI is InChI=1S/C13H15N3O2/c14-15-7-5-9(6-8-15)16-12(17)10-3-1-2-4-11(10)13(16)18/h1-4,9H,5-8,14H2. The van der Waals surface area contributed by atoms with Gasteiger partial charge in [0.25, 0.3) is 11.8 Å². The van der Waals surface area contributed by atoms with Crippen LogP contribution in [0.5, 0.6) is 0 Å². The van der Waals surface area contributed by atoms with Crippen LogP contribution < -0.4 is 5.84 Å². The van der Waals surface area contributed by atoms with E-state index in [1.165, 1.54) is 4.90 Å². The predicted molar refractivity (Wildman–Crippen MR) is 65.7 cm³/mol. The summed E-state index contributed by atoms with van der Waals surface area (Å²) >= 11 is 0. The minimum atomic E-state index is -0.161. The lowest BCUT2D eigenvalue weighted by atomic mass is 10.0. The Morgan fingerprint density at radius 3 is 2.00 bits per heavy atom. The van der Waals surface area contributed by atoms with Crippen LogP contribution in [0.3, 0.4) is 0 Å². The van der Waals surface area contributed by atoms with Crippen LogP contribution >= 0.6 is 0 Å². The lowest BCUT2D eigenvalue weighted by Gasteiger charge is -2.33. The van der Waals surface area contributed by atoms with Crippen molar-refractivity contribution in [2.75, 3.05) is 13.1 Å². The van der Waals surface area contributed by atoms with Crippen molar-refractivity contribution in [3.8, 4) is 0 Å². The molecule has 1 aromatic rings. The average molecular weight is 245 g/mol. The summed E-state index contributed by atoms with van der Waals surface area (Å²) in [5.74, 6) is 5.37. The van der Waals surface area contributed by atoms with E-state index < -0.39 is 0 Å². The van der Waals surface area contributed by atoms with Gasteiger partial charge < -0.3 is 0 Å². The van der Waals surface area contributed by atoms with Gasteiger partial charge in [-0.3, -0.25) is 20.3 Å². The molecule has 5 heteroatoms. The van der Waals surface area contributed by atoms with E-state index in [4.69, 9.17) is 5.84 Å². The van der Waals surface area contributed by atoms with Crippen molar-refractivity contribution >= 4 is 11.8 Å². The minimum Gasteiger partial charge on any atom is -0.271 e. The first-order chi connectivity index (χ1) is 8.68. The summed E-state index contributed by atoms with van der Waals surface area (Å²) in [4.78, 5) is 25.9. The van der Waals surface area contributed by atoms with Crippen LogP contribution in [0.2, 0.25) is 0 Å². The molecule has 2 heterocycles. The van der Waals surface area contributed by atoms with E-state index in [1.54, 1.807) is 29.3 Å². The van der Waals surface area contributed by atoms with Gasteiger partial charge >= 0.3 is 0 Å². The number of rotatable bonds is 1. The highest BCUT2D eigenvalue weighted by Crippen LogP contribution is 2.27. The topological polar surface area (TPSA) is 66.6 Å². The Morgan fingerprint density at radius 2 is 1.50 bits per heavy atom. The number of hydrazine groups is 1. The van der Waals surface area contributed by atoms with Crippen molar-refractivity contribution in [3.63, 3.8) is 0 Å². The number of piperidine rings is 1. The Bertz CT molecular complexity index is 472. The maximum Gasteiger partial charge on any atom is 0.261 e. The third-order valence-corrected chi connectivity index (χ3v) is 3.69.